The van der Waals surface area contributed by atoms with Crippen LogP contribution in [-0.4, -0.2) is 6.29 Å². The van der Waals surface area contributed by atoms with Gasteiger partial charge in [0.1, 0.15) is 17.3 Å². The van der Waals surface area contributed by atoms with E-state index in [4.69, 9.17) is 27.9 Å². The number of aldehydes is 1. The molecule has 18 heavy (non-hydrogen) atoms. The third-order valence-electron chi connectivity index (χ3n) is 2.22. The number of hydrogen-bond donors (Lipinski definition) is 0. The van der Waals surface area contributed by atoms with Gasteiger partial charge in [0.2, 0.25) is 0 Å². The number of hydrogen-bond acceptors (Lipinski definition) is 2. The Kier molecular flexibility index (Phi) is 3.84. The van der Waals surface area contributed by atoms with E-state index in [1.807, 2.05) is 0 Å². The molecule has 0 unspecified atom stereocenters. The van der Waals surface area contributed by atoms with Crippen molar-refractivity contribution in [3.05, 3.63) is 57.8 Å². The molecule has 2 nitrogen and oxygen atoms in total. The van der Waals surface area contributed by atoms with Gasteiger partial charge in [0, 0.05) is 17.2 Å². The molecule has 0 saturated heterocycles. The minimum Gasteiger partial charge on any atom is -0.456 e. The molecule has 0 radical (unpaired) electrons. The van der Waals surface area contributed by atoms with E-state index in [2.05, 4.69) is 0 Å². The number of benzene rings is 2. The van der Waals surface area contributed by atoms with Crippen molar-refractivity contribution in [3.63, 3.8) is 0 Å². The zero-order valence-electron chi connectivity index (χ0n) is 8.99. The van der Waals surface area contributed by atoms with Crippen molar-refractivity contribution in [2.75, 3.05) is 0 Å². The molecule has 0 N–H and O–H groups in total. The van der Waals surface area contributed by atoms with E-state index >= 15 is 0 Å². The highest BCUT2D eigenvalue weighted by molar-refractivity contribution is 6.31. The van der Waals surface area contributed by atoms with Gasteiger partial charge in [0.25, 0.3) is 0 Å². The monoisotopic (exact) mass is 284 g/mol. The van der Waals surface area contributed by atoms with Crippen LogP contribution in [0.3, 0.4) is 0 Å². The van der Waals surface area contributed by atoms with Gasteiger partial charge in [-0.1, -0.05) is 23.2 Å². The predicted molar refractivity (Wildman–Crippen MR) is 68.3 cm³/mol. The van der Waals surface area contributed by atoms with Gasteiger partial charge < -0.3 is 4.74 Å². The summed E-state index contributed by atoms with van der Waals surface area (Å²) in [5.74, 6) is -0.0923. The van der Waals surface area contributed by atoms with Gasteiger partial charge in [0.05, 0.1) is 10.6 Å². The highest BCUT2D eigenvalue weighted by Gasteiger charge is 2.07. The molecule has 2 aromatic rings. The normalized spacial score (nSPS) is 10.2. The predicted octanol–water partition coefficient (Wildman–Crippen LogP) is 4.74. The lowest BCUT2D eigenvalue weighted by atomic mass is 10.2. The lowest BCUT2D eigenvalue weighted by Gasteiger charge is -2.08. The van der Waals surface area contributed by atoms with E-state index in [-0.39, 0.29) is 16.5 Å². The molecule has 5 heteroatoms. The van der Waals surface area contributed by atoms with Crippen LogP contribution < -0.4 is 4.74 Å². The maximum atomic E-state index is 13.2. The van der Waals surface area contributed by atoms with Crippen molar-refractivity contribution in [3.8, 4) is 11.5 Å². The second kappa shape index (κ2) is 5.38. The summed E-state index contributed by atoms with van der Waals surface area (Å²) in [6.45, 7) is 0. The summed E-state index contributed by atoms with van der Waals surface area (Å²) in [4.78, 5) is 10.8. The Balaban J connectivity index is 2.35. The number of carbonyl (C=O) groups excluding carboxylic acids is 1. The molecule has 0 aliphatic heterocycles. The van der Waals surface area contributed by atoms with Crippen molar-refractivity contribution >= 4 is 29.5 Å². The maximum absolute atomic E-state index is 13.2. The molecule has 0 atom stereocenters. The average Bonchev–Trinajstić information content (AvgIpc) is 2.34. The van der Waals surface area contributed by atoms with Gasteiger partial charge in [-0.25, -0.2) is 4.39 Å². The van der Waals surface area contributed by atoms with Crippen molar-refractivity contribution in [1.29, 1.82) is 0 Å². The van der Waals surface area contributed by atoms with Gasteiger partial charge in [-0.05, 0) is 24.3 Å². The lowest BCUT2D eigenvalue weighted by Crippen LogP contribution is -1.91. The van der Waals surface area contributed by atoms with Gasteiger partial charge in [-0.15, -0.1) is 0 Å². The average molecular weight is 285 g/mol. The van der Waals surface area contributed by atoms with E-state index in [0.717, 1.165) is 6.07 Å². The molecule has 0 heterocycles. The van der Waals surface area contributed by atoms with Crippen LogP contribution in [0.25, 0.3) is 0 Å². The molecule has 0 bridgehead atoms. The molecular formula is C13H7Cl2FO2. The maximum Gasteiger partial charge on any atom is 0.153 e. The van der Waals surface area contributed by atoms with Crippen LogP contribution in [0.5, 0.6) is 11.5 Å². The minimum atomic E-state index is -0.594. The Morgan fingerprint density at radius 1 is 1.11 bits per heavy atom. The molecule has 0 aliphatic rings. The van der Waals surface area contributed by atoms with Gasteiger partial charge >= 0.3 is 0 Å². The Labute approximate surface area is 113 Å². The van der Waals surface area contributed by atoms with E-state index in [0.29, 0.717) is 16.9 Å². The lowest BCUT2D eigenvalue weighted by molar-refractivity contribution is 0.112. The first-order valence-corrected chi connectivity index (χ1v) is 5.73. The highest BCUT2D eigenvalue weighted by Crippen LogP contribution is 2.29. The van der Waals surface area contributed by atoms with Crippen LogP contribution in [-0.2, 0) is 0 Å². The summed E-state index contributed by atoms with van der Waals surface area (Å²) >= 11 is 11.4. The number of carbonyl (C=O) groups is 1. The van der Waals surface area contributed by atoms with Crippen molar-refractivity contribution in [2.24, 2.45) is 0 Å². The molecule has 0 amide bonds. The summed E-state index contributed by atoms with van der Waals surface area (Å²) in [6.07, 6.45) is 0.637. The van der Waals surface area contributed by atoms with E-state index in [1.54, 1.807) is 6.07 Å². The largest absolute Gasteiger partial charge is 0.456 e. The van der Waals surface area contributed by atoms with E-state index in [9.17, 15) is 9.18 Å². The Bertz CT molecular complexity index is 600. The van der Waals surface area contributed by atoms with Crippen LogP contribution >= 0.6 is 23.2 Å². The van der Waals surface area contributed by atoms with Crippen molar-refractivity contribution in [2.45, 2.75) is 0 Å². The summed E-state index contributed by atoms with van der Waals surface area (Å²) in [6, 6.07) is 8.59. The second-order valence-corrected chi connectivity index (χ2v) is 4.32. The molecule has 0 aliphatic carbocycles. The summed E-state index contributed by atoms with van der Waals surface area (Å²) in [5, 5.41) is 0.425. The SMILES string of the molecule is O=Cc1ccc(Cl)cc1Oc1ccc(Cl)c(F)c1. The topological polar surface area (TPSA) is 26.3 Å². The fourth-order valence-electron chi connectivity index (χ4n) is 1.36. The number of rotatable bonds is 3. The van der Waals surface area contributed by atoms with Crippen LogP contribution in [0.2, 0.25) is 10.0 Å². The molecule has 0 fully saturated rings. The van der Waals surface area contributed by atoms with Crippen LogP contribution in [0.4, 0.5) is 4.39 Å². The smallest absolute Gasteiger partial charge is 0.153 e. The fourth-order valence-corrected chi connectivity index (χ4v) is 1.64. The molecule has 0 aromatic heterocycles. The van der Waals surface area contributed by atoms with Crippen LogP contribution in [0.15, 0.2) is 36.4 Å². The quantitative estimate of drug-likeness (QED) is 0.761. The number of halogens is 3. The van der Waals surface area contributed by atoms with Gasteiger partial charge in [-0.3, -0.25) is 4.79 Å². The summed E-state index contributed by atoms with van der Waals surface area (Å²) in [5.41, 5.74) is 0.328. The van der Waals surface area contributed by atoms with Crippen molar-refractivity contribution < 1.29 is 13.9 Å². The first-order valence-electron chi connectivity index (χ1n) is 4.98. The van der Waals surface area contributed by atoms with E-state index in [1.165, 1.54) is 24.3 Å². The first kappa shape index (κ1) is 12.9. The van der Waals surface area contributed by atoms with Gasteiger partial charge in [0.15, 0.2) is 6.29 Å². The first-order chi connectivity index (χ1) is 8.60. The standard InChI is InChI=1S/C13H7Cl2FO2/c14-9-2-1-8(7-17)13(5-9)18-10-3-4-11(15)12(16)6-10/h1-7H. The fraction of sp³-hybridized carbons (Fsp3) is 0. The van der Waals surface area contributed by atoms with Crippen molar-refractivity contribution in [1.82, 2.24) is 0 Å². The molecule has 0 spiro atoms. The molecule has 2 aromatic carbocycles. The summed E-state index contributed by atoms with van der Waals surface area (Å²) in [7, 11) is 0. The minimum absolute atomic E-state index is 0.00375. The third-order valence-corrected chi connectivity index (χ3v) is 2.76. The van der Waals surface area contributed by atoms with Crippen LogP contribution in [0, 0.1) is 5.82 Å². The second-order valence-electron chi connectivity index (χ2n) is 3.48. The molecule has 2 rings (SSSR count). The summed E-state index contributed by atoms with van der Waals surface area (Å²) < 4.78 is 18.6. The molecule has 0 saturated carbocycles. The van der Waals surface area contributed by atoms with E-state index < -0.39 is 5.82 Å². The Hall–Kier alpha value is -1.58. The Morgan fingerprint density at radius 3 is 2.56 bits per heavy atom. The van der Waals surface area contributed by atoms with Crippen LogP contribution in [0.1, 0.15) is 10.4 Å². The zero-order chi connectivity index (χ0) is 13.1. The molecular weight excluding hydrogens is 278 g/mol. The number of ether oxygens (including phenoxy) is 1. The van der Waals surface area contributed by atoms with Gasteiger partial charge in [-0.2, -0.15) is 0 Å². The zero-order valence-corrected chi connectivity index (χ0v) is 10.5. The molecule has 92 valence electrons. The third kappa shape index (κ3) is 2.81. The Morgan fingerprint density at radius 2 is 1.89 bits per heavy atom. The highest BCUT2D eigenvalue weighted by atomic mass is 35.5.